The van der Waals surface area contributed by atoms with Crippen LogP contribution in [0.25, 0.3) is 0 Å². The van der Waals surface area contributed by atoms with Crippen molar-refractivity contribution in [1.29, 1.82) is 0 Å². The van der Waals surface area contributed by atoms with Crippen LogP contribution in [0.1, 0.15) is 45.1 Å². The SMILES string of the molecule is Cc1cc(OCCCCCCNCC(C)C)ccc1Cl. The Morgan fingerprint density at radius 3 is 2.60 bits per heavy atom. The minimum Gasteiger partial charge on any atom is -0.494 e. The van der Waals surface area contributed by atoms with Crippen LogP contribution >= 0.6 is 11.6 Å². The van der Waals surface area contributed by atoms with Gasteiger partial charge in [-0.05, 0) is 62.5 Å². The summed E-state index contributed by atoms with van der Waals surface area (Å²) in [4.78, 5) is 0. The molecule has 0 fully saturated rings. The van der Waals surface area contributed by atoms with Crippen molar-refractivity contribution in [3.63, 3.8) is 0 Å². The van der Waals surface area contributed by atoms with Gasteiger partial charge in [-0.15, -0.1) is 0 Å². The van der Waals surface area contributed by atoms with E-state index in [0.29, 0.717) is 0 Å². The molecule has 0 saturated carbocycles. The van der Waals surface area contributed by atoms with Crippen molar-refractivity contribution < 1.29 is 4.74 Å². The Hall–Kier alpha value is -0.730. The topological polar surface area (TPSA) is 21.3 Å². The molecule has 0 saturated heterocycles. The zero-order valence-corrected chi connectivity index (χ0v) is 13.8. The highest BCUT2D eigenvalue weighted by Crippen LogP contribution is 2.21. The predicted molar refractivity (Wildman–Crippen MR) is 87.9 cm³/mol. The van der Waals surface area contributed by atoms with Gasteiger partial charge in [0.1, 0.15) is 5.75 Å². The Kier molecular flexibility index (Phi) is 8.72. The normalized spacial score (nSPS) is 11.1. The van der Waals surface area contributed by atoms with E-state index >= 15 is 0 Å². The monoisotopic (exact) mass is 297 g/mol. The minimum atomic E-state index is 0.742. The Bertz CT molecular complexity index is 379. The quantitative estimate of drug-likeness (QED) is 0.624. The zero-order chi connectivity index (χ0) is 14.8. The van der Waals surface area contributed by atoms with Crippen LogP contribution in [-0.4, -0.2) is 19.7 Å². The molecule has 0 amide bonds. The molecule has 2 nitrogen and oxygen atoms in total. The van der Waals surface area contributed by atoms with Crippen LogP contribution < -0.4 is 10.1 Å². The number of rotatable bonds is 10. The van der Waals surface area contributed by atoms with Gasteiger partial charge in [-0.25, -0.2) is 0 Å². The molecule has 0 aliphatic heterocycles. The smallest absolute Gasteiger partial charge is 0.119 e. The second kappa shape index (κ2) is 10.1. The maximum Gasteiger partial charge on any atom is 0.119 e. The molecule has 1 N–H and O–H groups in total. The van der Waals surface area contributed by atoms with E-state index in [1.165, 1.54) is 19.3 Å². The maximum absolute atomic E-state index is 5.98. The average Bonchev–Trinajstić information content (AvgIpc) is 2.40. The molecule has 0 bridgehead atoms. The third kappa shape index (κ3) is 7.76. The lowest BCUT2D eigenvalue weighted by Crippen LogP contribution is -2.20. The van der Waals surface area contributed by atoms with Gasteiger partial charge in [0.15, 0.2) is 0 Å². The molecule has 1 aromatic rings. The third-order valence-corrected chi connectivity index (χ3v) is 3.62. The fourth-order valence-electron chi connectivity index (χ4n) is 1.99. The fourth-order valence-corrected chi connectivity index (χ4v) is 2.11. The standard InChI is InChI=1S/C17H28ClNO/c1-14(2)13-19-10-6-4-5-7-11-20-16-8-9-17(18)15(3)12-16/h8-9,12,14,19H,4-7,10-11,13H2,1-3H3. The average molecular weight is 298 g/mol. The first kappa shape index (κ1) is 17.3. The number of ether oxygens (including phenoxy) is 1. The molecule has 0 aliphatic rings. The van der Waals surface area contributed by atoms with Gasteiger partial charge in [0.25, 0.3) is 0 Å². The molecule has 1 aromatic carbocycles. The summed E-state index contributed by atoms with van der Waals surface area (Å²) < 4.78 is 5.73. The van der Waals surface area contributed by atoms with Gasteiger partial charge in [0.2, 0.25) is 0 Å². The van der Waals surface area contributed by atoms with E-state index in [-0.39, 0.29) is 0 Å². The van der Waals surface area contributed by atoms with Crippen LogP contribution in [0.15, 0.2) is 18.2 Å². The Morgan fingerprint density at radius 2 is 1.90 bits per heavy atom. The van der Waals surface area contributed by atoms with Gasteiger partial charge in [0, 0.05) is 5.02 Å². The number of halogens is 1. The van der Waals surface area contributed by atoms with Crippen LogP contribution in [0.5, 0.6) is 5.75 Å². The van der Waals surface area contributed by atoms with E-state index in [9.17, 15) is 0 Å². The molecule has 0 spiro atoms. The van der Waals surface area contributed by atoms with E-state index in [4.69, 9.17) is 16.3 Å². The first-order valence-electron chi connectivity index (χ1n) is 7.69. The van der Waals surface area contributed by atoms with Crippen LogP contribution in [-0.2, 0) is 0 Å². The highest BCUT2D eigenvalue weighted by Gasteiger charge is 1.98. The van der Waals surface area contributed by atoms with Gasteiger partial charge in [-0.3, -0.25) is 0 Å². The van der Waals surface area contributed by atoms with Gasteiger partial charge in [-0.1, -0.05) is 38.3 Å². The number of hydrogen-bond donors (Lipinski definition) is 1. The second-order valence-electron chi connectivity index (χ2n) is 5.77. The molecule has 0 aliphatic carbocycles. The van der Waals surface area contributed by atoms with Crippen LogP contribution in [0.2, 0.25) is 5.02 Å². The predicted octanol–water partition coefficient (Wildman–Crippen LogP) is 4.83. The molecule has 0 heterocycles. The van der Waals surface area contributed by atoms with E-state index in [2.05, 4.69) is 19.2 Å². The maximum atomic E-state index is 5.98. The van der Waals surface area contributed by atoms with Crippen LogP contribution in [0.3, 0.4) is 0 Å². The number of benzene rings is 1. The molecule has 0 radical (unpaired) electrons. The van der Waals surface area contributed by atoms with Crippen molar-refractivity contribution >= 4 is 11.6 Å². The summed E-state index contributed by atoms with van der Waals surface area (Å²) in [6.45, 7) is 9.53. The van der Waals surface area contributed by atoms with Crippen molar-refractivity contribution in [2.24, 2.45) is 5.92 Å². The first-order chi connectivity index (χ1) is 9.59. The number of aryl methyl sites for hydroxylation is 1. The van der Waals surface area contributed by atoms with E-state index in [1.54, 1.807) is 0 Å². The van der Waals surface area contributed by atoms with Crippen LogP contribution in [0.4, 0.5) is 0 Å². The van der Waals surface area contributed by atoms with E-state index < -0.39 is 0 Å². The molecular weight excluding hydrogens is 270 g/mol. The lowest BCUT2D eigenvalue weighted by Gasteiger charge is -2.08. The molecule has 20 heavy (non-hydrogen) atoms. The summed E-state index contributed by atoms with van der Waals surface area (Å²) in [5, 5.41) is 4.27. The van der Waals surface area contributed by atoms with Crippen LogP contribution in [0, 0.1) is 12.8 Å². The fraction of sp³-hybridized carbons (Fsp3) is 0.647. The van der Waals surface area contributed by atoms with Crippen molar-refractivity contribution in [3.05, 3.63) is 28.8 Å². The first-order valence-corrected chi connectivity index (χ1v) is 8.07. The van der Waals surface area contributed by atoms with E-state index in [1.807, 2.05) is 25.1 Å². The van der Waals surface area contributed by atoms with Crippen molar-refractivity contribution in [2.45, 2.75) is 46.5 Å². The highest BCUT2D eigenvalue weighted by atomic mass is 35.5. The van der Waals surface area contributed by atoms with Gasteiger partial charge >= 0.3 is 0 Å². The second-order valence-corrected chi connectivity index (χ2v) is 6.18. The van der Waals surface area contributed by atoms with Crippen molar-refractivity contribution in [1.82, 2.24) is 5.32 Å². The highest BCUT2D eigenvalue weighted by molar-refractivity contribution is 6.31. The summed E-state index contributed by atoms with van der Waals surface area (Å²) in [5.74, 6) is 1.66. The number of nitrogens with one attached hydrogen (secondary N) is 1. The molecular formula is C17H28ClNO. The molecule has 1 rings (SSSR count). The summed E-state index contributed by atoms with van der Waals surface area (Å²) in [7, 11) is 0. The minimum absolute atomic E-state index is 0.742. The van der Waals surface area contributed by atoms with Gasteiger partial charge in [0.05, 0.1) is 6.61 Å². The van der Waals surface area contributed by atoms with Gasteiger partial charge in [-0.2, -0.15) is 0 Å². The Morgan fingerprint density at radius 1 is 1.15 bits per heavy atom. The summed E-state index contributed by atoms with van der Waals surface area (Å²) in [5.41, 5.74) is 1.07. The summed E-state index contributed by atoms with van der Waals surface area (Å²) in [6.07, 6.45) is 4.88. The lowest BCUT2D eigenvalue weighted by molar-refractivity contribution is 0.304. The number of hydrogen-bond acceptors (Lipinski definition) is 2. The molecule has 114 valence electrons. The molecule has 0 unspecified atom stereocenters. The molecule has 0 aromatic heterocycles. The zero-order valence-electron chi connectivity index (χ0n) is 13.0. The Labute approximate surface area is 128 Å². The lowest BCUT2D eigenvalue weighted by atomic mass is 10.2. The summed E-state index contributed by atoms with van der Waals surface area (Å²) in [6, 6.07) is 5.83. The van der Waals surface area contributed by atoms with Crippen molar-refractivity contribution in [2.75, 3.05) is 19.7 Å². The third-order valence-electron chi connectivity index (χ3n) is 3.20. The summed E-state index contributed by atoms with van der Waals surface area (Å²) >= 11 is 5.98. The molecule has 3 heteroatoms. The molecule has 0 atom stereocenters. The van der Waals surface area contributed by atoms with Crippen molar-refractivity contribution in [3.8, 4) is 5.75 Å². The Balaban J connectivity index is 1.98. The number of unbranched alkanes of at least 4 members (excludes halogenated alkanes) is 3. The van der Waals surface area contributed by atoms with E-state index in [0.717, 1.165) is 48.4 Å². The largest absolute Gasteiger partial charge is 0.494 e. The van der Waals surface area contributed by atoms with Gasteiger partial charge < -0.3 is 10.1 Å².